The second-order valence-electron chi connectivity index (χ2n) is 6.40. The molecule has 0 bridgehead atoms. The molecule has 0 unspecified atom stereocenters. The van der Waals surface area contributed by atoms with E-state index in [1.807, 2.05) is 30.7 Å². The van der Waals surface area contributed by atoms with Crippen molar-refractivity contribution in [1.82, 2.24) is 19.6 Å². The Kier molecular flexibility index (Phi) is 4.63. The zero-order valence-electron chi connectivity index (χ0n) is 14.3. The van der Waals surface area contributed by atoms with Gasteiger partial charge in [0.05, 0.1) is 23.8 Å². The Labute approximate surface area is 153 Å². The molecule has 0 saturated heterocycles. The fraction of sp³-hybridized carbons (Fsp3) is 0.316. The van der Waals surface area contributed by atoms with Crippen LogP contribution in [0.4, 0.5) is 8.78 Å². The number of nitrogens with zero attached hydrogens (tertiary/aromatic N) is 4. The summed E-state index contributed by atoms with van der Waals surface area (Å²) in [6, 6.07) is 8.63. The summed E-state index contributed by atoms with van der Waals surface area (Å²) >= 11 is 1.85. The van der Waals surface area contributed by atoms with E-state index in [4.69, 9.17) is 4.98 Å². The van der Waals surface area contributed by atoms with Gasteiger partial charge in [-0.2, -0.15) is 5.10 Å². The summed E-state index contributed by atoms with van der Waals surface area (Å²) in [7, 11) is 0. The van der Waals surface area contributed by atoms with E-state index in [-0.39, 0.29) is 0 Å². The molecular formula is C19H18F2N4S. The molecule has 0 aliphatic heterocycles. The molecule has 0 atom stereocenters. The van der Waals surface area contributed by atoms with Gasteiger partial charge >= 0.3 is 0 Å². The van der Waals surface area contributed by atoms with Gasteiger partial charge in [0.2, 0.25) is 6.93 Å². The standard InChI is InChI=1S/C18H16N4S.CH2F2/c1-11-10-22-17(20-11)8-14(9-19-22)15-6-5-13-7-16(12-3-2-4-12)23-18(13)21-15;2-1-3/h5-10,12H,2-4H2,1H3;1H2. The summed E-state index contributed by atoms with van der Waals surface area (Å²) in [5.74, 6) is 0.767. The number of pyridine rings is 1. The van der Waals surface area contributed by atoms with Crippen LogP contribution in [0.25, 0.3) is 27.1 Å². The van der Waals surface area contributed by atoms with Gasteiger partial charge < -0.3 is 0 Å². The van der Waals surface area contributed by atoms with Crippen molar-refractivity contribution in [3.8, 4) is 11.3 Å². The Morgan fingerprint density at radius 1 is 1.19 bits per heavy atom. The average Bonchev–Trinajstić information content (AvgIpc) is 3.14. The third-order valence-electron chi connectivity index (χ3n) is 4.65. The molecule has 1 aliphatic rings. The summed E-state index contributed by atoms with van der Waals surface area (Å²) in [6.07, 6.45) is 7.83. The molecule has 5 rings (SSSR count). The first-order valence-corrected chi connectivity index (χ1v) is 9.34. The third kappa shape index (κ3) is 3.19. The Bertz CT molecular complexity index is 1050. The van der Waals surface area contributed by atoms with Gasteiger partial charge in [0.25, 0.3) is 0 Å². The van der Waals surface area contributed by atoms with E-state index in [1.165, 1.54) is 29.5 Å². The lowest BCUT2D eigenvalue weighted by Crippen LogP contribution is -2.06. The van der Waals surface area contributed by atoms with E-state index in [1.54, 1.807) is 4.52 Å². The third-order valence-corrected chi connectivity index (χ3v) is 5.85. The highest BCUT2D eigenvalue weighted by Gasteiger charge is 2.21. The first kappa shape index (κ1) is 17.0. The quantitative estimate of drug-likeness (QED) is 0.469. The number of aromatic nitrogens is 4. The minimum atomic E-state index is -1.75. The smallest absolute Gasteiger partial charge is 0.229 e. The molecule has 4 heterocycles. The molecule has 7 heteroatoms. The summed E-state index contributed by atoms with van der Waals surface area (Å²) in [4.78, 5) is 12.0. The Morgan fingerprint density at radius 3 is 2.73 bits per heavy atom. The van der Waals surface area contributed by atoms with Crippen LogP contribution in [0.5, 0.6) is 0 Å². The number of thiophene rings is 1. The van der Waals surface area contributed by atoms with E-state index in [0.717, 1.165) is 33.3 Å². The minimum absolute atomic E-state index is 0.767. The number of rotatable bonds is 2. The summed E-state index contributed by atoms with van der Waals surface area (Å²) in [6.45, 7) is 0.228. The van der Waals surface area contributed by atoms with Gasteiger partial charge in [-0.1, -0.05) is 6.42 Å². The molecule has 0 radical (unpaired) electrons. The van der Waals surface area contributed by atoms with Gasteiger partial charge in [-0.25, -0.2) is 23.3 Å². The highest BCUT2D eigenvalue weighted by atomic mass is 32.1. The molecule has 26 heavy (non-hydrogen) atoms. The molecule has 0 N–H and O–H groups in total. The van der Waals surface area contributed by atoms with E-state index < -0.39 is 6.93 Å². The van der Waals surface area contributed by atoms with Crippen molar-refractivity contribution < 1.29 is 8.78 Å². The molecule has 1 saturated carbocycles. The van der Waals surface area contributed by atoms with Crippen LogP contribution in [-0.2, 0) is 0 Å². The van der Waals surface area contributed by atoms with Crippen LogP contribution < -0.4 is 0 Å². The largest absolute Gasteiger partial charge is 0.237 e. The van der Waals surface area contributed by atoms with Crippen molar-refractivity contribution in [2.24, 2.45) is 0 Å². The average molecular weight is 372 g/mol. The zero-order valence-corrected chi connectivity index (χ0v) is 15.1. The van der Waals surface area contributed by atoms with E-state index >= 15 is 0 Å². The molecular weight excluding hydrogens is 354 g/mol. The van der Waals surface area contributed by atoms with Crippen molar-refractivity contribution in [1.29, 1.82) is 0 Å². The molecule has 1 fully saturated rings. The maximum atomic E-state index is 9.62. The van der Waals surface area contributed by atoms with Crippen LogP contribution in [-0.4, -0.2) is 26.5 Å². The lowest BCUT2D eigenvalue weighted by molar-refractivity contribution is 0.295. The fourth-order valence-corrected chi connectivity index (χ4v) is 4.33. The van der Waals surface area contributed by atoms with E-state index in [2.05, 4.69) is 34.3 Å². The molecule has 0 amide bonds. The number of imidazole rings is 1. The van der Waals surface area contributed by atoms with Crippen LogP contribution in [0.1, 0.15) is 35.8 Å². The van der Waals surface area contributed by atoms with Crippen molar-refractivity contribution in [3.05, 3.63) is 47.2 Å². The van der Waals surface area contributed by atoms with Crippen LogP contribution in [0.2, 0.25) is 0 Å². The van der Waals surface area contributed by atoms with Crippen molar-refractivity contribution >= 4 is 27.2 Å². The Balaban J connectivity index is 0.000000527. The second-order valence-corrected chi connectivity index (χ2v) is 7.46. The molecule has 4 aromatic rings. The predicted octanol–water partition coefficient (Wildman–Crippen LogP) is 5.46. The summed E-state index contributed by atoms with van der Waals surface area (Å²) in [5.41, 5.74) is 3.82. The van der Waals surface area contributed by atoms with Crippen LogP contribution in [0.15, 0.2) is 36.7 Å². The Morgan fingerprint density at radius 2 is 2.00 bits per heavy atom. The highest BCUT2D eigenvalue weighted by molar-refractivity contribution is 7.18. The van der Waals surface area contributed by atoms with E-state index in [0.29, 0.717) is 0 Å². The predicted molar refractivity (Wildman–Crippen MR) is 100 cm³/mol. The van der Waals surface area contributed by atoms with E-state index in [9.17, 15) is 8.78 Å². The topological polar surface area (TPSA) is 43.1 Å². The molecule has 1 aliphatic carbocycles. The second kappa shape index (κ2) is 7.07. The van der Waals surface area contributed by atoms with Crippen LogP contribution in [0, 0.1) is 6.92 Å². The van der Waals surface area contributed by atoms with Crippen molar-refractivity contribution in [3.63, 3.8) is 0 Å². The number of halogens is 2. The maximum absolute atomic E-state index is 9.62. The van der Waals surface area contributed by atoms with Gasteiger partial charge in [0, 0.05) is 15.8 Å². The lowest BCUT2D eigenvalue weighted by atomic mass is 9.84. The number of alkyl halides is 2. The molecule has 134 valence electrons. The highest BCUT2D eigenvalue weighted by Crippen LogP contribution is 2.41. The van der Waals surface area contributed by atoms with Gasteiger partial charge in [0.15, 0.2) is 5.65 Å². The molecule has 0 aromatic carbocycles. The normalized spacial score (nSPS) is 14.3. The van der Waals surface area contributed by atoms with Crippen molar-refractivity contribution in [2.75, 3.05) is 6.93 Å². The minimum Gasteiger partial charge on any atom is -0.237 e. The first-order valence-electron chi connectivity index (χ1n) is 8.53. The van der Waals surface area contributed by atoms with Gasteiger partial charge in [-0.05, 0) is 49.9 Å². The summed E-state index contributed by atoms with van der Waals surface area (Å²) in [5, 5.41) is 5.69. The molecule has 0 spiro atoms. The van der Waals surface area contributed by atoms with Gasteiger partial charge in [-0.3, -0.25) is 0 Å². The molecule has 4 aromatic heterocycles. The maximum Gasteiger partial charge on any atom is 0.229 e. The zero-order chi connectivity index (χ0) is 18.1. The first-order chi connectivity index (χ1) is 12.7. The molecule has 4 nitrogen and oxygen atoms in total. The monoisotopic (exact) mass is 372 g/mol. The Hall–Kier alpha value is -2.41. The summed E-state index contributed by atoms with van der Waals surface area (Å²) < 4.78 is 21.1. The lowest BCUT2D eigenvalue weighted by Gasteiger charge is -2.23. The fourth-order valence-electron chi connectivity index (χ4n) is 3.13. The van der Waals surface area contributed by atoms with Gasteiger partial charge in [0.1, 0.15) is 4.83 Å². The number of fused-ring (bicyclic) bond motifs is 2. The number of hydrogen-bond donors (Lipinski definition) is 0. The van der Waals surface area contributed by atoms with Gasteiger partial charge in [-0.15, -0.1) is 11.3 Å². The SMILES string of the molecule is Cc1cn2ncc(-c3ccc4cc(C5CCC5)sc4n3)cc2n1.FCF. The van der Waals surface area contributed by atoms with Crippen molar-refractivity contribution in [2.45, 2.75) is 32.1 Å². The van der Waals surface area contributed by atoms with Crippen LogP contribution in [0.3, 0.4) is 0 Å². The number of aryl methyl sites for hydroxylation is 1. The number of hydrogen-bond acceptors (Lipinski definition) is 4. The van der Waals surface area contributed by atoms with Crippen LogP contribution >= 0.6 is 11.3 Å².